The van der Waals surface area contributed by atoms with Crippen LogP contribution in [0.2, 0.25) is 0 Å². The van der Waals surface area contributed by atoms with Crippen LogP contribution in [0.3, 0.4) is 0 Å². The number of nitrogens with one attached hydrogen (secondary N) is 1. The molecule has 1 N–H and O–H groups in total. The SMILES string of the molecule is Cc1ccc(-c2ccc(=O)n(CCNC(=O)COc3ccc(-c4ccccc4)cc3)n2)cc1. The van der Waals surface area contributed by atoms with Gasteiger partial charge in [0.1, 0.15) is 5.75 Å². The molecule has 0 bridgehead atoms. The zero-order valence-corrected chi connectivity index (χ0v) is 18.4. The molecule has 0 spiro atoms. The maximum Gasteiger partial charge on any atom is 0.266 e. The summed E-state index contributed by atoms with van der Waals surface area (Å²) in [6.45, 7) is 2.47. The monoisotopic (exact) mass is 439 g/mol. The predicted octanol–water partition coefficient (Wildman–Crippen LogP) is 4.08. The molecule has 0 aliphatic heterocycles. The summed E-state index contributed by atoms with van der Waals surface area (Å²) in [5.74, 6) is 0.360. The lowest BCUT2D eigenvalue weighted by molar-refractivity contribution is -0.123. The number of aromatic nitrogens is 2. The molecule has 3 aromatic carbocycles. The van der Waals surface area contributed by atoms with Crippen molar-refractivity contribution in [2.24, 2.45) is 0 Å². The van der Waals surface area contributed by atoms with Crippen LogP contribution in [-0.4, -0.2) is 28.8 Å². The van der Waals surface area contributed by atoms with Crippen LogP contribution < -0.4 is 15.6 Å². The van der Waals surface area contributed by atoms with Crippen molar-refractivity contribution in [2.75, 3.05) is 13.2 Å². The Hall–Kier alpha value is -4.19. The van der Waals surface area contributed by atoms with E-state index in [1.807, 2.05) is 85.8 Å². The van der Waals surface area contributed by atoms with Crippen LogP contribution in [0.5, 0.6) is 5.75 Å². The molecule has 0 aliphatic carbocycles. The number of amides is 1. The normalized spacial score (nSPS) is 10.6. The molecule has 1 aromatic heterocycles. The number of rotatable bonds is 8. The number of nitrogens with zero attached hydrogens (tertiary/aromatic N) is 2. The van der Waals surface area contributed by atoms with Gasteiger partial charge in [-0.05, 0) is 36.2 Å². The summed E-state index contributed by atoms with van der Waals surface area (Å²) in [7, 11) is 0. The molecular weight excluding hydrogens is 414 g/mol. The highest BCUT2D eigenvalue weighted by Gasteiger charge is 2.06. The molecule has 6 heteroatoms. The Kier molecular flexibility index (Phi) is 6.95. The van der Waals surface area contributed by atoms with Crippen molar-refractivity contribution in [1.82, 2.24) is 15.1 Å². The van der Waals surface area contributed by atoms with E-state index in [-0.39, 0.29) is 31.2 Å². The number of hydrogen-bond donors (Lipinski definition) is 1. The summed E-state index contributed by atoms with van der Waals surface area (Å²) in [6.07, 6.45) is 0. The smallest absolute Gasteiger partial charge is 0.266 e. The van der Waals surface area contributed by atoms with E-state index in [9.17, 15) is 9.59 Å². The van der Waals surface area contributed by atoms with Gasteiger partial charge in [0.05, 0.1) is 12.2 Å². The Morgan fingerprint density at radius 3 is 2.24 bits per heavy atom. The van der Waals surface area contributed by atoms with E-state index in [2.05, 4.69) is 10.4 Å². The Labute approximate surface area is 192 Å². The fraction of sp³-hybridized carbons (Fsp3) is 0.148. The summed E-state index contributed by atoms with van der Waals surface area (Å²) in [5.41, 5.74) is 4.79. The van der Waals surface area contributed by atoms with Gasteiger partial charge >= 0.3 is 0 Å². The zero-order valence-electron chi connectivity index (χ0n) is 18.4. The first-order chi connectivity index (χ1) is 16.1. The first-order valence-corrected chi connectivity index (χ1v) is 10.8. The summed E-state index contributed by atoms with van der Waals surface area (Å²) in [6, 6.07) is 28.8. The van der Waals surface area contributed by atoms with Gasteiger partial charge in [0.2, 0.25) is 0 Å². The van der Waals surface area contributed by atoms with Crippen molar-refractivity contribution in [3.05, 3.63) is 107 Å². The lowest BCUT2D eigenvalue weighted by Gasteiger charge is -2.10. The molecular formula is C27H25N3O3. The zero-order chi connectivity index (χ0) is 23.0. The second kappa shape index (κ2) is 10.4. The summed E-state index contributed by atoms with van der Waals surface area (Å²) < 4.78 is 6.94. The lowest BCUT2D eigenvalue weighted by atomic mass is 10.1. The molecule has 1 amide bonds. The van der Waals surface area contributed by atoms with Gasteiger partial charge in [-0.2, -0.15) is 5.10 Å². The highest BCUT2D eigenvalue weighted by Crippen LogP contribution is 2.22. The van der Waals surface area contributed by atoms with E-state index < -0.39 is 0 Å². The summed E-state index contributed by atoms with van der Waals surface area (Å²) in [5, 5.41) is 7.19. The number of ether oxygens (including phenoxy) is 1. The van der Waals surface area contributed by atoms with Gasteiger partial charge in [0.25, 0.3) is 11.5 Å². The molecule has 0 unspecified atom stereocenters. The maximum atomic E-state index is 12.2. The van der Waals surface area contributed by atoms with Gasteiger partial charge in [0.15, 0.2) is 6.61 Å². The first kappa shape index (κ1) is 22.0. The highest BCUT2D eigenvalue weighted by molar-refractivity contribution is 5.77. The summed E-state index contributed by atoms with van der Waals surface area (Å²) >= 11 is 0. The van der Waals surface area contributed by atoms with E-state index in [0.29, 0.717) is 11.4 Å². The third-order valence-electron chi connectivity index (χ3n) is 5.19. The number of carbonyl (C=O) groups is 1. The average Bonchev–Trinajstić information content (AvgIpc) is 2.85. The van der Waals surface area contributed by atoms with Crippen LogP contribution in [-0.2, 0) is 11.3 Å². The van der Waals surface area contributed by atoms with Gasteiger partial charge in [0, 0.05) is 18.2 Å². The fourth-order valence-corrected chi connectivity index (χ4v) is 3.36. The second-order valence-corrected chi connectivity index (χ2v) is 7.68. The second-order valence-electron chi connectivity index (χ2n) is 7.68. The van der Waals surface area contributed by atoms with Gasteiger partial charge in [-0.25, -0.2) is 4.68 Å². The van der Waals surface area contributed by atoms with Crippen LogP contribution >= 0.6 is 0 Å². The van der Waals surface area contributed by atoms with Gasteiger partial charge < -0.3 is 10.1 Å². The van der Waals surface area contributed by atoms with E-state index in [1.54, 1.807) is 6.07 Å². The molecule has 1 heterocycles. The minimum absolute atomic E-state index is 0.101. The Bertz CT molecular complexity index is 1260. The maximum absolute atomic E-state index is 12.2. The average molecular weight is 440 g/mol. The van der Waals surface area contributed by atoms with Gasteiger partial charge in [-0.3, -0.25) is 9.59 Å². The molecule has 0 saturated heterocycles. The van der Waals surface area contributed by atoms with Crippen molar-refractivity contribution < 1.29 is 9.53 Å². The highest BCUT2D eigenvalue weighted by atomic mass is 16.5. The lowest BCUT2D eigenvalue weighted by Crippen LogP contribution is -2.34. The van der Waals surface area contributed by atoms with Crippen LogP contribution in [0, 0.1) is 6.92 Å². The topological polar surface area (TPSA) is 73.2 Å². The standard InChI is InChI=1S/C27H25N3O3/c1-20-7-9-23(10-8-20)25-15-16-27(32)30(29-25)18-17-28-26(31)19-33-24-13-11-22(12-14-24)21-5-3-2-4-6-21/h2-16H,17-19H2,1H3,(H,28,31). The first-order valence-electron chi connectivity index (χ1n) is 10.8. The predicted molar refractivity (Wildman–Crippen MR) is 129 cm³/mol. The molecule has 4 aromatic rings. The van der Waals surface area contributed by atoms with E-state index in [0.717, 1.165) is 22.3 Å². The van der Waals surface area contributed by atoms with Crippen LogP contribution in [0.25, 0.3) is 22.4 Å². The third-order valence-corrected chi connectivity index (χ3v) is 5.19. The molecule has 0 atom stereocenters. The molecule has 4 rings (SSSR count). The molecule has 166 valence electrons. The number of benzene rings is 3. The van der Waals surface area contributed by atoms with Crippen molar-refractivity contribution in [1.29, 1.82) is 0 Å². The van der Waals surface area contributed by atoms with Crippen LogP contribution in [0.1, 0.15) is 5.56 Å². The number of aryl methyl sites for hydroxylation is 1. The minimum atomic E-state index is -0.259. The van der Waals surface area contributed by atoms with Crippen molar-refractivity contribution >= 4 is 5.91 Å². The molecule has 0 radical (unpaired) electrons. The van der Waals surface area contributed by atoms with Crippen molar-refractivity contribution in [2.45, 2.75) is 13.5 Å². The van der Waals surface area contributed by atoms with Crippen LogP contribution in [0.4, 0.5) is 0 Å². The Morgan fingerprint density at radius 1 is 0.848 bits per heavy atom. The summed E-state index contributed by atoms with van der Waals surface area (Å²) in [4.78, 5) is 24.3. The van der Waals surface area contributed by atoms with Gasteiger partial charge in [-0.1, -0.05) is 72.3 Å². The largest absolute Gasteiger partial charge is 0.484 e. The molecule has 0 aliphatic rings. The minimum Gasteiger partial charge on any atom is -0.484 e. The van der Waals surface area contributed by atoms with E-state index >= 15 is 0 Å². The Morgan fingerprint density at radius 2 is 1.52 bits per heavy atom. The molecule has 0 saturated carbocycles. The van der Waals surface area contributed by atoms with E-state index in [1.165, 1.54) is 10.7 Å². The molecule has 0 fully saturated rings. The van der Waals surface area contributed by atoms with Crippen molar-refractivity contribution in [3.63, 3.8) is 0 Å². The quantitative estimate of drug-likeness (QED) is 0.449. The number of carbonyl (C=O) groups excluding carboxylic acids is 1. The Balaban J connectivity index is 1.27. The molecule has 6 nitrogen and oxygen atoms in total. The van der Waals surface area contributed by atoms with E-state index in [4.69, 9.17) is 4.74 Å². The van der Waals surface area contributed by atoms with Crippen LogP contribution in [0.15, 0.2) is 95.8 Å². The third kappa shape index (κ3) is 5.95. The number of hydrogen-bond acceptors (Lipinski definition) is 4. The van der Waals surface area contributed by atoms with Crippen molar-refractivity contribution in [3.8, 4) is 28.1 Å². The molecule has 33 heavy (non-hydrogen) atoms. The van der Waals surface area contributed by atoms with Gasteiger partial charge in [-0.15, -0.1) is 0 Å². The fourth-order valence-electron chi connectivity index (χ4n) is 3.36.